The molecule has 1 saturated heterocycles. The molecule has 0 saturated carbocycles. The molecule has 4 rings (SSSR count). The maximum absolute atomic E-state index is 13.0. The first-order valence-corrected chi connectivity index (χ1v) is 12.0. The lowest BCUT2D eigenvalue weighted by Gasteiger charge is -2.28. The van der Waals surface area contributed by atoms with E-state index in [0.29, 0.717) is 40.2 Å². The van der Waals surface area contributed by atoms with Crippen LogP contribution in [0.4, 0.5) is 15.8 Å². The van der Waals surface area contributed by atoms with E-state index in [1.54, 1.807) is 14.0 Å². The summed E-state index contributed by atoms with van der Waals surface area (Å²) in [7, 11) is 1.58. The summed E-state index contributed by atoms with van der Waals surface area (Å²) in [4.78, 5) is 33.9. The standard InChI is InChI=1S/C25H27FN4O4S/c1-17-24(35-23(27-17)16-34-21-9-3-18(26)4-10-21)25(32)29(2)15-22(31)28-19-5-7-20(8-6-19)30-11-13-33-14-12-30/h3-10H,11-16H2,1-2H3,(H,28,31). The number of carbonyl (C=O) groups excluding carboxylic acids is 2. The molecule has 0 bridgehead atoms. The van der Waals surface area contributed by atoms with Crippen molar-refractivity contribution in [2.24, 2.45) is 0 Å². The number of anilines is 2. The maximum Gasteiger partial charge on any atom is 0.266 e. The van der Waals surface area contributed by atoms with E-state index < -0.39 is 0 Å². The van der Waals surface area contributed by atoms with Gasteiger partial charge in [-0.05, 0) is 55.5 Å². The summed E-state index contributed by atoms with van der Waals surface area (Å²) in [5.74, 6) is -0.404. The van der Waals surface area contributed by atoms with Gasteiger partial charge in [-0.1, -0.05) is 0 Å². The van der Waals surface area contributed by atoms with Gasteiger partial charge in [-0.15, -0.1) is 11.3 Å². The molecule has 1 N–H and O–H groups in total. The SMILES string of the molecule is Cc1nc(COc2ccc(F)cc2)sc1C(=O)N(C)CC(=O)Nc1ccc(N2CCOCC2)cc1. The predicted octanol–water partition coefficient (Wildman–Crippen LogP) is 3.72. The average molecular weight is 499 g/mol. The van der Waals surface area contributed by atoms with Crippen molar-refractivity contribution in [1.82, 2.24) is 9.88 Å². The quantitative estimate of drug-likeness (QED) is 0.510. The number of nitrogens with one attached hydrogen (secondary N) is 1. The van der Waals surface area contributed by atoms with Gasteiger partial charge in [0.15, 0.2) is 0 Å². The van der Waals surface area contributed by atoms with Crippen molar-refractivity contribution in [3.63, 3.8) is 0 Å². The van der Waals surface area contributed by atoms with Gasteiger partial charge < -0.3 is 24.6 Å². The second-order valence-electron chi connectivity index (χ2n) is 8.12. The number of hydrogen-bond acceptors (Lipinski definition) is 7. The van der Waals surface area contributed by atoms with Gasteiger partial charge in [-0.3, -0.25) is 9.59 Å². The van der Waals surface area contributed by atoms with Crippen LogP contribution >= 0.6 is 11.3 Å². The highest BCUT2D eigenvalue weighted by atomic mass is 32.1. The molecule has 2 aromatic carbocycles. The van der Waals surface area contributed by atoms with Crippen LogP contribution in [0, 0.1) is 12.7 Å². The van der Waals surface area contributed by atoms with Crippen molar-refractivity contribution < 1.29 is 23.5 Å². The minimum atomic E-state index is -0.340. The third kappa shape index (κ3) is 6.55. The van der Waals surface area contributed by atoms with E-state index in [-0.39, 0.29) is 30.8 Å². The Hall–Kier alpha value is -3.50. The highest BCUT2D eigenvalue weighted by molar-refractivity contribution is 7.13. The normalized spacial score (nSPS) is 13.4. The first kappa shape index (κ1) is 24.6. The number of aryl methyl sites for hydroxylation is 1. The van der Waals surface area contributed by atoms with Gasteiger partial charge in [0.2, 0.25) is 5.91 Å². The summed E-state index contributed by atoms with van der Waals surface area (Å²) in [6.07, 6.45) is 0. The van der Waals surface area contributed by atoms with Crippen molar-refractivity contribution in [2.75, 3.05) is 50.1 Å². The second kappa shape index (κ2) is 11.3. The van der Waals surface area contributed by atoms with Gasteiger partial charge >= 0.3 is 0 Å². The number of hydrogen-bond donors (Lipinski definition) is 1. The largest absolute Gasteiger partial charge is 0.486 e. The van der Waals surface area contributed by atoms with Crippen molar-refractivity contribution in [3.05, 3.63) is 69.9 Å². The van der Waals surface area contributed by atoms with E-state index in [4.69, 9.17) is 9.47 Å². The summed E-state index contributed by atoms with van der Waals surface area (Å²) in [5.41, 5.74) is 2.32. The molecule has 184 valence electrons. The molecule has 3 aromatic rings. The average Bonchev–Trinajstić information content (AvgIpc) is 3.24. The number of carbonyl (C=O) groups is 2. The Morgan fingerprint density at radius 1 is 1.14 bits per heavy atom. The van der Waals surface area contributed by atoms with Gasteiger partial charge in [0.25, 0.3) is 5.91 Å². The van der Waals surface area contributed by atoms with Crippen LogP contribution in [-0.4, -0.2) is 61.6 Å². The summed E-state index contributed by atoms with van der Waals surface area (Å²) < 4.78 is 24.0. The molecule has 2 heterocycles. The zero-order chi connectivity index (χ0) is 24.8. The molecule has 10 heteroatoms. The molecule has 0 unspecified atom stereocenters. The fourth-order valence-electron chi connectivity index (χ4n) is 3.63. The minimum absolute atomic E-state index is 0.0944. The lowest BCUT2D eigenvalue weighted by atomic mass is 10.2. The molecule has 1 fully saturated rings. The van der Waals surface area contributed by atoms with Crippen LogP contribution in [0.1, 0.15) is 20.4 Å². The summed E-state index contributed by atoms with van der Waals surface area (Å²) in [6, 6.07) is 13.3. The zero-order valence-corrected chi connectivity index (χ0v) is 20.4. The maximum atomic E-state index is 13.0. The number of morpholine rings is 1. The van der Waals surface area contributed by atoms with Crippen LogP contribution in [0.25, 0.3) is 0 Å². The first-order chi connectivity index (χ1) is 16.9. The monoisotopic (exact) mass is 498 g/mol. The van der Waals surface area contributed by atoms with Crippen LogP contribution in [-0.2, 0) is 16.1 Å². The number of rotatable bonds is 8. The Kier molecular flexibility index (Phi) is 7.94. The number of halogens is 1. The van der Waals surface area contributed by atoms with E-state index in [1.165, 1.54) is 40.5 Å². The number of ether oxygens (including phenoxy) is 2. The van der Waals surface area contributed by atoms with Crippen LogP contribution in [0.15, 0.2) is 48.5 Å². The Balaban J connectivity index is 1.29. The molecule has 8 nitrogen and oxygen atoms in total. The predicted molar refractivity (Wildman–Crippen MR) is 133 cm³/mol. The van der Waals surface area contributed by atoms with Gasteiger partial charge in [0.1, 0.15) is 28.1 Å². The summed E-state index contributed by atoms with van der Waals surface area (Å²) >= 11 is 1.22. The molecule has 1 aliphatic rings. The molecule has 0 aliphatic carbocycles. The topological polar surface area (TPSA) is 84.0 Å². The van der Waals surface area contributed by atoms with Gasteiger partial charge in [0.05, 0.1) is 25.5 Å². The Morgan fingerprint density at radius 3 is 2.51 bits per heavy atom. The number of thiazole rings is 1. The number of aromatic nitrogens is 1. The van der Waals surface area contributed by atoms with E-state index >= 15 is 0 Å². The molecule has 0 spiro atoms. The van der Waals surface area contributed by atoms with E-state index in [9.17, 15) is 14.0 Å². The van der Waals surface area contributed by atoms with E-state index in [0.717, 1.165) is 18.8 Å². The van der Waals surface area contributed by atoms with Crippen molar-refractivity contribution in [1.29, 1.82) is 0 Å². The number of likely N-dealkylation sites (N-methyl/N-ethyl adjacent to an activating group) is 1. The fourth-order valence-corrected chi connectivity index (χ4v) is 4.60. The van der Waals surface area contributed by atoms with E-state index in [1.807, 2.05) is 24.3 Å². The molecule has 0 radical (unpaired) electrons. The van der Waals surface area contributed by atoms with Crippen LogP contribution in [0.2, 0.25) is 0 Å². The molecule has 35 heavy (non-hydrogen) atoms. The molecule has 2 amide bonds. The summed E-state index contributed by atoms with van der Waals surface area (Å²) in [5, 5.41) is 3.46. The number of nitrogens with zero attached hydrogens (tertiary/aromatic N) is 3. The number of amides is 2. The third-order valence-corrected chi connectivity index (χ3v) is 6.58. The molecular weight excluding hydrogens is 471 g/mol. The second-order valence-corrected chi connectivity index (χ2v) is 9.20. The zero-order valence-electron chi connectivity index (χ0n) is 19.6. The minimum Gasteiger partial charge on any atom is -0.486 e. The van der Waals surface area contributed by atoms with E-state index in [2.05, 4.69) is 15.2 Å². The smallest absolute Gasteiger partial charge is 0.266 e. The third-order valence-electron chi connectivity index (χ3n) is 5.47. The lowest BCUT2D eigenvalue weighted by Crippen LogP contribution is -2.36. The Bertz CT molecular complexity index is 1160. The first-order valence-electron chi connectivity index (χ1n) is 11.2. The highest BCUT2D eigenvalue weighted by Gasteiger charge is 2.21. The Morgan fingerprint density at radius 2 is 1.83 bits per heavy atom. The van der Waals surface area contributed by atoms with Gasteiger partial charge in [0, 0.05) is 31.5 Å². The van der Waals surface area contributed by atoms with Crippen molar-refractivity contribution >= 4 is 34.5 Å². The Labute approximate surface area is 207 Å². The number of benzene rings is 2. The molecule has 1 aromatic heterocycles. The van der Waals surface area contributed by atoms with Crippen molar-refractivity contribution in [2.45, 2.75) is 13.5 Å². The molecular formula is C25H27FN4O4S. The lowest BCUT2D eigenvalue weighted by molar-refractivity contribution is -0.116. The van der Waals surface area contributed by atoms with Gasteiger partial charge in [-0.25, -0.2) is 9.37 Å². The highest BCUT2D eigenvalue weighted by Crippen LogP contribution is 2.22. The summed E-state index contributed by atoms with van der Waals surface area (Å²) in [6.45, 7) is 4.92. The van der Waals surface area contributed by atoms with Gasteiger partial charge in [-0.2, -0.15) is 0 Å². The van der Waals surface area contributed by atoms with Crippen molar-refractivity contribution in [3.8, 4) is 5.75 Å². The molecule has 1 aliphatic heterocycles. The van der Waals surface area contributed by atoms with Crippen LogP contribution < -0.4 is 15.0 Å². The van der Waals surface area contributed by atoms with Crippen LogP contribution in [0.3, 0.4) is 0 Å². The molecule has 0 atom stereocenters. The van der Waals surface area contributed by atoms with Crippen LogP contribution in [0.5, 0.6) is 5.75 Å². The fraction of sp³-hybridized carbons (Fsp3) is 0.320.